The predicted molar refractivity (Wildman–Crippen MR) is 61.2 cm³/mol. The summed E-state index contributed by atoms with van der Waals surface area (Å²) in [7, 11) is 1.36. The molecule has 0 spiro atoms. The molecule has 0 bridgehead atoms. The van der Waals surface area contributed by atoms with Gasteiger partial charge in [-0.3, -0.25) is 0 Å². The number of hydrogen-bond acceptors (Lipinski definition) is 4. The van der Waals surface area contributed by atoms with Crippen LogP contribution in [0.4, 0.5) is 0 Å². The minimum Gasteiger partial charge on any atom is -0.508 e. The lowest BCUT2D eigenvalue weighted by atomic mass is 10.1. The number of phenolic OH excluding ortho intramolecular Hbond substituents is 1. The van der Waals surface area contributed by atoms with Gasteiger partial charge in [0.2, 0.25) is 0 Å². The number of ether oxygens (including phenoxy) is 1. The van der Waals surface area contributed by atoms with Gasteiger partial charge in [-0.1, -0.05) is 19.1 Å². The third kappa shape index (κ3) is 3.24. The number of hydrogen-bond donors (Lipinski definition) is 2. The van der Waals surface area contributed by atoms with Gasteiger partial charge in [0.05, 0.1) is 7.11 Å². The van der Waals surface area contributed by atoms with Crippen LogP contribution in [-0.4, -0.2) is 24.7 Å². The molecule has 1 atom stereocenters. The molecule has 16 heavy (non-hydrogen) atoms. The van der Waals surface area contributed by atoms with E-state index in [1.54, 1.807) is 24.3 Å². The van der Waals surface area contributed by atoms with E-state index in [9.17, 15) is 9.90 Å². The molecule has 0 aliphatic rings. The van der Waals surface area contributed by atoms with Crippen LogP contribution < -0.4 is 5.32 Å². The lowest BCUT2D eigenvalue weighted by Crippen LogP contribution is -2.30. The van der Waals surface area contributed by atoms with Crippen LogP contribution in [0.5, 0.6) is 5.75 Å². The molecule has 0 amide bonds. The zero-order valence-electron chi connectivity index (χ0n) is 9.56. The Kier molecular flexibility index (Phi) is 4.79. The summed E-state index contributed by atoms with van der Waals surface area (Å²) in [5, 5.41) is 12.3. The van der Waals surface area contributed by atoms with Crippen molar-refractivity contribution >= 4 is 5.97 Å². The maximum Gasteiger partial charge on any atom is 0.327 e. The van der Waals surface area contributed by atoms with Crippen molar-refractivity contribution in [1.29, 1.82) is 0 Å². The van der Waals surface area contributed by atoms with E-state index >= 15 is 0 Å². The minimum atomic E-state index is -0.467. The zero-order valence-corrected chi connectivity index (χ0v) is 9.56. The van der Waals surface area contributed by atoms with Crippen molar-refractivity contribution in [3.63, 3.8) is 0 Å². The highest BCUT2D eigenvalue weighted by atomic mass is 16.5. The monoisotopic (exact) mass is 223 g/mol. The molecule has 1 aromatic rings. The minimum absolute atomic E-state index is 0.183. The number of esters is 1. The first-order chi connectivity index (χ1) is 7.69. The van der Waals surface area contributed by atoms with Crippen molar-refractivity contribution in [2.24, 2.45) is 0 Å². The molecule has 4 nitrogen and oxygen atoms in total. The Morgan fingerprint density at radius 3 is 2.56 bits per heavy atom. The number of rotatable bonds is 5. The van der Waals surface area contributed by atoms with Crippen LogP contribution in [0.25, 0.3) is 0 Å². The number of benzene rings is 1. The fourth-order valence-corrected chi connectivity index (χ4v) is 1.41. The van der Waals surface area contributed by atoms with Crippen LogP contribution in [0.2, 0.25) is 0 Å². The number of methoxy groups -OCH3 is 1. The average Bonchev–Trinajstić information content (AvgIpc) is 2.31. The summed E-state index contributed by atoms with van der Waals surface area (Å²) in [6.45, 7) is 2.76. The fraction of sp³-hybridized carbons (Fsp3) is 0.417. The second-order valence-corrected chi connectivity index (χ2v) is 3.50. The fourth-order valence-electron chi connectivity index (χ4n) is 1.41. The summed E-state index contributed by atoms with van der Waals surface area (Å²) in [5.41, 5.74) is 0.790. The number of phenols is 1. The molecule has 0 heterocycles. The molecule has 1 aromatic carbocycles. The van der Waals surface area contributed by atoms with E-state index in [2.05, 4.69) is 5.32 Å². The summed E-state index contributed by atoms with van der Waals surface area (Å²) in [6.07, 6.45) is 0.936. The largest absolute Gasteiger partial charge is 0.508 e. The van der Waals surface area contributed by atoms with Crippen molar-refractivity contribution in [3.05, 3.63) is 29.8 Å². The van der Waals surface area contributed by atoms with Crippen molar-refractivity contribution in [1.82, 2.24) is 5.32 Å². The van der Waals surface area contributed by atoms with Gasteiger partial charge in [-0.15, -0.1) is 0 Å². The van der Waals surface area contributed by atoms with Gasteiger partial charge in [0.25, 0.3) is 0 Å². The van der Waals surface area contributed by atoms with Gasteiger partial charge < -0.3 is 15.2 Å². The molecule has 0 aliphatic carbocycles. The lowest BCUT2D eigenvalue weighted by Gasteiger charge is -2.16. The smallest absolute Gasteiger partial charge is 0.327 e. The molecule has 0 radical (unpaired) electrons. The van der Waals surface area contributed by atoms with E-state index in [0.29, 0.717) is 0 Å². The molecule has 0 fully saturated rings. The molecule has 0 aliphatic heterocycles. The Morgan fingerprint density at radius 2 is 2.06 bits per heavy atom. The first-order valence-corrected chi connectivity index (χ1v) is 5.29. The Morgan fingerprint density at radius 1 is 1.44 bits per heavy atom. The van der Waals surface area contributed by atoms with Crippen LogP contribution in [0.3, 0.4) is 0 Å². The molecular formula is C12H17NO3. The Balaban J connectivity index is 2.82. The van der Waals surface area contributed by atoms with Gasteiger partial charge in [0.15, 0.2) is 0 Å². The van der Waals surface area contributed by atoms with E-state index in [1.165, 1.54) is 7.11 Å². The van der Waals surface area contributed by atoms with Crippen LogP contribution in [0.1, 0.15) is 24.9 Å². The molecule has 0 saturated carbocycles. The van der Waals surface area contributed by atoms with E-state index < -0.39 is 6.04 Å². The second kappa shape index (κ2) is 6.12. The summed E-state index contributed by atoms with van der Waals surface area (Å²) in [4.78, 5) is 11.6. The lowest BCUT2D eigenvalue weighted by molar-refractivity contribution is -0.143. The maximum absolute atomic E-state index is 11.6. The first-order valence-electron chi connectivity index (χ1n) is 5.29. The standard InChI is InChI=1S/C12H17NO3/c1-3-8-13-11(12(15)16-2)9-4-6-10(14)7-5-9/h4-7,11,13-14H,3,8H2,1-2H3. The quantitative estimate of drug-likeness (QED) is 0.744. The number of aromatic hydroxyl groups is 1. The van der Waals surface area contributed by atoms with Crippen molar-refractivity contribution in [2.45, 2.75) is 19.4 Å². The highest BCUT2D eigenvalue weighted by Gasteiger charge is 2.19. The van der Waals surface area contributed by atoms with E-state index in [0.717, 1.165) is 18.5 Å². The first kappa shape index (κ1) is 12.5. The molecule has 88 valence electrons. The van der Waals surface area contributed by atoms with E-state index in [4.69, 9.17) is 4.74 Å². The molecular weight excluding hydrogens is 206 g/mol. The third-order valence-corrected chi connectivity index (χ3v) is 2.26. The zero-order chi connectivity index (χ0) is 12.0. The molecule has 0 saturated heterocycles. The van der Waals surface area contributed by atoms with E-state index in [-0.39, 0.29) is 11.7 Å². The molecule has 1 unspecified atom stereocenters. The van der Waals surface area contributed by atoms with Crippen LogP contribution in [0, 0.1) is 0 Å². The van der Waals surface area contributed by atoms with Gasteiger partial charge in [0.1, 0.15) is 11.8 Å². The Hall–Kier alpha value is -1.55. The van der Waals surface area contributed by atoms with Crippen LogP contribution in [0.15, 0.2) is 24.3 Å². The Labute approximate surface area is 95.2 Å². The number of carbonyl (C=O) groups excluding carboxylic acids is 1. The van der Waals surface area contributed by atoms with Gasteiger partial charge in [-0.2, -0.15) is 0 Å². The molecule has 0 aromatic heterocycles. The average molecular weight is 223 g/mol. The second-order valence-electron chi connectivity index (χ2n) is 3.50. The van der Waals surface area contributed by atoms with Gasteiger partial charge in [0, 0.05) is 0 Å². The van der Waals surface area contributed by atoms with E-state index in [1.807, 2.05) is 6.92 Å². The van der Waals surface area contributed by atoms with Gasteiger partial charge in [-0.25, -0.2) is 4.79 Å². The van der Waals surface area contributed by atoms with Crippen molar-refractivity contribution in [3.8, 4) is 5.75 Å². The van der Waals surface area contributed by atoms with Gasteiger partial charge in [-0.05, 0) is 30.7 Å². The molecule has 2 N–H and O–H groups in total. The Bertz CT molecular complexity index is 335. The summed E-state index contributed by atoms with van der Waals surface area (Å²) < 4.78 is 4.73. The number of carbonyl (C=O) groups is 1. The summed E-state index contributed by atoms with van der Waals surface area (Å²) in [5.74, 6) is -0.137. The van der Waals surface area contributed by atoms with Crippen LogP contribution >= 0.6 is 0 Å². The summed E-state index contributed by atoms with van der Waals surface area (Å²) in [6, 6.07) is 6.06. The molecule has 4 heteroatoms. The maximum atomic E-state index is 11.6. The molecule has 1 rings (SSSR count). The highest BCUT2D eigenvalue weighted by molar-refractivity contribution is 5.77. The van der Waals surface area contributed by atoms with Crippen LogP contribution in [-0.2, 0) is 9.53 Å². The highest BCUT2D eigenvalue weighted by Crippen LogP contribution is 2.17. The SMILES string of the molecule is CCCNC(C(=O)OC)c1ccc(O)cc1. The predicted octanol–water partition coefficient (Wildman–Crippen LogP) is 1.61. The summed E-state index contributed by atoms with van der Waals surface area (Å²) >= 11 is 0. The van der Waals surface area contributed by atoms with Gasteiger partial charge >= 0.3 is 5.97 Å². The normalized spacial score (nSPS) is 12.1. The van der Waals surface area contributed by atoms with Crippen molar-refractivity contribution < 1.29 is 14.6 Å². The third-order valence-electron chi connectivity index (χ3n) is 2.26. The number of nitrogens with one attached hydrogen (secondary N) is 1. The van der Waals surface area contributed by atoms with Crippen molar-refractivity contribution in [2.75, 3.05) is 13.7 Å². The topological polar surface area (TPSA) is 58.6 Å².